The van der Waals surface area contributed by atoms with Gasteiger partial charge in [0.05, 0.1) is 38.2 Å². The van der Waals surface area contributed by atoms with Crippen molar-refractivity contribution >= 4 is 15.2 Å². The number of hydrogen-bond acceptors (Lipinski definition) is 6. The second kappa shape index (κ2) is 10.6. The zero-order chi connectivity index (χ0) is 18.9. The van der Waals surface area contributed by atoms with E-state index in [4.69, 9.17) is 18.1 Å². The highest BCUT2D eigenvalue weighted by Crippen LogP contribution is 2.66. The van der Waals surface area contributed by atoms with Gasteiger partial charge in [0.15, 0.2) is 0 Å². The summed E-state index contributed by atoms with van der Waals surface area (Å²) in [7, 11) is -7.27. The summed E-state index contributed by atoms with van der Waals surface area (Å²) < 4.78 is 61.4. The van der Waals surface area contributed by atoms with Crippen LogP contribution >= 0.6 is 15.2 Å². The monoisotopic (exact) mass is 396 g/mol. The average Bonchev–Trinajstić information content (AvgIpc) is 2.53. The predicted octanol–water partition coefficient (Wildman–Crippen LogP) is 5.40. The first-order valence-corrected chi connectivity index (χ1v) is 11.7. The summed E-state index contributed by atoms with van der Waals surface area (Å²) in [5.41, 5.74) is -0.600. The van der Waals surface area contributed by atoms with Crippen LogP contribution in [0.15, 0.2) is 24.3 Å². The van der Waals surface area contributed by atoms with Crippen molar-refractivity contribution in [2.75, 3.05) is 32.6 Å². The molecular weight excluding hydrogens is 369 g/mol. The van der Waals surface area contributed by atoms with Crippen LogP contribution in [0.1, 0.15) is 38.9 Å². The average molecular weight is 396 g/mol. The van der Waals surface area contributed by atoms with Crippen LogP contribution in [0.25, 0.3) is 0 Å². The van der Waals surface area contributed by atoms with Crippen molar-refractivity contribution in [3.63, 3.8) is 0 Å². The second-order valence-corrected chi connectivity index (χ2v) is 9.40. The van der Waals surface area contributed by atoms with Crippen molar-refractivity contribution < 1.29 is 31.6 Å². The Bertz CT molecular complexity index is 604. The lowest BCUT2D eigenvalue weighted by Crippen LogP contribution is -2.14. The Hall–Kier alpha value is -0.550. The van der Waals surface area contributed by atoms with E-state index in [1.807, 2.05) is 0 Å². The van der Waals surface area contributed by atoms with E-state index in [1.54, 1.807) is 33.8 Å². The lowest BCUT2D eigenvalue weighted by Gasteiger charge is -2.29. The zero-order valence-corrected chi connectivity index (χ0v) is 16.9. The van der Waals surface area contributed by atoms with Crippen LogP contribution in [0.2, 0.25) is 0 Å². The van der Waals surface area contributed by atoms with E-state index in [0.29, 0.717) is 5.56 Å². The molecule has 0 spiro atoms. The van der Waals surface area contributed by atoms with Gasteiger partial charge in [-0.1, -0.05) is 12.1 Å². The van der Waals surface area contributed by atoms with E-state index in [9.17, 15) is 13.5 Å². The van der Waals surface area contributed by atoms with E-state index in [-0.39, 0.29) is 32.6 Å². The Kier molecular flexibility index (Phi) is 9.50. The third-order valence-electron chi connectivity index (χ3n) is 3.28. The van der Waals surface area contributed by atoms with Gasteiger partial charge in [0, 0.05) is 0 Å². The maximum absolute atomic E-state index is 13.7. The molecule has 0 fully saturated rings. The minimum Gasteiger partial charge on any atom is -0.309 e. The summed E-state index contributed by atoms with van der Waals surface area (Å²) in [4.78, 5) is 0. The first-order valence-electron chi connectivity index (χ1n) is 8.36. The Morgan fingerprint density at radius 1 is 0.920 bits per heavy atom. The van der Waals surface area contributed by atoms with Crippen LogP contribution in [0.3, 0.4) is 0 Å². The van der Waals surface area contributed by atoms with Gasteiger partial charge in [0.1, 0.15) is 5.82 Å². The molecule has 25 heavy (non-hydrogen) atoms. The van der Waals surface area contributed by atoms with E-state index < -0.39 is 26.7 Å². The van der Waals surface area contributed by atoms with E-state index in [1.165, 1.54) is 18.2 Å². The smallest absolute Gasteiger partial charge is 0.309 e. The first kappa shape index (κ1) is 22.5. The van der Waals surface area contributed by atoms with Crippen molar-refractivity contribution in [1.82, 2.24) is 0 Å². The van der Waals surface area contributed by atoms with Crippen LogP contribution in [0.4, 0.5) is 4.39 Å². The number of halogens is 1. The van der Waals surface area contributed by atoms with Gasteiger partial charge in [0.2, 0.25) is 0 Å². The van der Waals surface area contributed by atoms with E-state index in [2.05, 4.69) is 0 Å². The molecule has 6 nitrogen and oxygen atoms in total. The first-order chi connectivity index (χ1) is 11.8. The van der Waals surface area contributed by atoms with Crippen LogP contribution in [-0.4, -0.2) is 32.6 Å². The molecule has 0 bridgehead atoms. The highest BCUT2D eigenvalue weighted by atomic mass is 31.2. The minimum absolute atomic E-state index is 0.136. The highest BCUT2D eigenvalue weighted by Gasteiger charge is 2.43. The Balaban J connectivity index is 3.36. The lowest BCUT2D eigenvalue weighted by atomic mass is 10.2. The van der Waals surface area contributed by atoms with Gasteiger partial charge in [-0.3, -0.25) is 9.13 Å². The second-order valence-electron chi connectivity index (χ2n) is 5.08. The summed E-state index contributed by atoms with van der Waals surface area (Å²) in [6.45, 7) is 7.34. The molecule has 0 aromatic heterocycles. The maximum atomic E-state index is 13.7. The molecule has 1 rings (SSSR count). The van der Waals surface area contributed by atoms with Crippen LogP contribution in [-0.2, 0) is 27.2 Å². The summed E-state index contributed by atoms with van der Waals surface area (Å²) >= 11 is 0. The molecular formula is C16H27FO6P2. The quantitative estimate of drug-likeness (QED) is 0.441. The van der Waals surface area contributed by atoms with Crippen LogP contribution in [0.5, 0.6) is 0 Å². The summed E-state index contributed by atoms with van der Waals surface area (Å²) in [6.07, 6.45) is -0.227. The fourth-order valence-corrected chi connectivity index (χ4v) is 7.21. The third-order valence-corrected chi connectivity index (χ3v) is 8.17. The Labute approximate surface area is 149 Å². The molecule has 1 aromatic carbocycles. The molecule has 144 valence electrons. The zero-order valence-electron chi connectivity index (χ0n) is 15.1. The fourth-order valence-electron chi connectivity index (χ4n) is 2.43. The van der Waals surface area contributed by atoms with Gasteiger partial charge in [-0.05, 0) is 45.4 Å². The van der Waals surface area contributed by atoms with Gasteiger partial charge in [0.25, 0.3) is 0 Å². The molecule has 1 unspecified atom stereocenters. The molecule has 1 atom stereocenters. The van der Waals surface area contributed by atoms with Crippen molar-refractivity contribution in [3.05, 3.63) is 35.6 Å². The fraction of sp³-hybridized carbons (Fsp3) is 0.625. The Morgan fingerprint density at radius 3 is 1.88 bits per heavy atom. The van der Waals surface area contributed by atoms with E-state index >= 15 is 0 Å². The van der Waals surface area contributed by atoms with Gasteiger partial charge in [-0.15, -0.1) is 0 Å². The largest absolute Gasteiger partial charge is 0.338 e. The molecule has 0 N–H and O–H groups in total. The molecule has 0 saturated carbocycles. The normalized spacial score (nSPS) is 13.8. The van der Waals surface area contributed by atoms with E-state index in [0.717, 1.165) is 0 Å². The lowest BCUT2D eigenvalue weighted by molar-refractivity contribution is 0.203. The van der Waals surface area contributed by atoms with Crippen LogP contribution in [0, 0.1) is 5.82 Å². The van der Waals surface area contributed by atoms with Crippen molar-refractivity contribution in [3.8, 4) is 0 Å². The molecule has 9 heteroatoms. The summed E-state index contributed by atoms with van der Waals surface area (Å²) in [6, 6.07) is 5.60. The van der Waals surface area contributed by atoms with Crippen LogP contribution < -0.4 is 0 Å². The van der Waals surface area contributed by atoms with Gasteiger partial charge in [-0.2, -0.15) is 0 Å². The molecule has 0 amide bonds. The standard InChI is InChI=1S/C16H27FO6P2/c1-5-20-24(18,21-6-2)13-16(14-10-9-11-15(17)12-14)25(19,22-7-3)23-8-4/h9-12,16H,5-8,13H2,1-4H3. The molecule has 0 saturated heterocycles. The van der Waals surface area contributed by atoms with Gasteiger partial charge < -0.3 is 18.1 Å². The summed E-state index contributed by atoms with van der Waals surface area (Å²) in [5, 5.41) is 0. The minimum atomic E-state index is -3.71. The molecule has 1 aromatic rings. The molecule has 0 heterocycles. The molecule has 0 radical (unpaired) electrons. The number of rotatable bonds is 12. The Morgan fingerprint density at radius 2 is 1.44 bits per heavy atom. The number of hydrogen-bond donors (Lipinski definition) is 0. The molecule has 0 aliphatic heterocycles. The highest BCUT2D eigenvalue weighted by molar-refractivity contribution is 7.58. The molecule has 0 aliphatic carbocycles. The van der Waals surface area contributed by atoms with Crippen molar-refractivity contribution in [2.24, 2.45) is 0 Å². The maximum Gasteiger partial charge on any atom is 0.338 e. The predicted molar refractivity (Wildman–Crippen MR) is 95.7 cm³/mol. The molecule has 0 aliphatic rings. The third kappa shape index (κ3) is 6.59. The van der Waals surface area contributed by atoms with Gasteiger partial charge in [-0.25, -0.2) is 4.39 Å². The summed E-state index contributed by atoms with van der Waals surface area (Å²) in [5.74, 6) is -0.496. The van der Waals surface area contributed by atoms with Crippen molar-refractivity contribution in [2.45, 2.75) is 33.4 Å². The SMILES string of the molecule is CCOP(=O)(CC(c1cccc(F)c1)P(=O)(OCC)OCC)OCC. The topological polar surface area (TPSA) is 71.1 Å². The van der Waals surface area contributed by atoms with Crippen molar-refractivity contribution in [1.29, 1.82) is 0 Å². The van der Waals surface area contributed by atoms with Gasteiger partial charge >= 0.3 is 15.2 Å². The number of benzene rings is 1.